The number of rotatable bonds is 7. The minimum absolute atomic E-state index is 0.0384. The Morgan fingerprint density at radius 3 is 2.45 bits per heavy atom. The molecule has 164 valence electrons. The van der Waals surface area contributed by atoms with Crippen molar-refractivity contribution >= 4 is 15.7 Å². The summed E-state index contributed by atoms with van der Waals surface area (Å²) >= 11 is 0. The molecule has 0 aliphatic rings. The summed E-state index contributed by atoms with van der Waals surface area (Å²) in [6, 6.07) is 4.71. The number of hydrogen-bond acceptors (Lipinski definition) is 7. The van der Waals surface area contributed by atoms with Crippen LogP contribution < -0.4 is 11.0 Å². The van der Waals surface area contributed by atoms with E-state index in [-0.39, 0.29) is 29.8 Å². The molecule has 0 aliphatic carbocycles. The van der Waals surface area contributed by atoms with E-state index in [1.54, 1.807) is 0 Å². The van der Waals surface area contributed by atoms with Crippen LogP contribution in [0.15, 0.2) is 47.7 Å². The third-order valence-electron chi connectivity index (χ3n) is 4.52. The van der Waals surface area contributed by atoms with E-state index in [9.17, 15) is 26.8 Å². The Labute approximate surface area is 174 Å². The van der Waals surface area contributed by atoms with Gasteiger partial charge in [0.2, 0.25) is 0 Å². The standard InChI is InChI=1S/C18H17F2N5O5S/c1-31(29,30)16(18(27)23-28)4-7-24-10-14(20)12(9-17(24)26)11-2-3-15(13(19)8-11)25-21-5-6-22-25/h2-3,5-6,8-10,16,28H,4,7H2,1H3,(H,23,27)/t16-/m1/s1. The zero-order chi connectivity index (χ0) is 22.8. The van der Waals surface area contributed by atoms with E-state index in [0.717, 1.165) is 33.9 Å². The van der Waals surface area contributed by atoms with Crippen molar-refractivity contribution in [3.05, 3.63) is 64.8 Å². The Kier molecular flexibility index (Phi) is 6.27. The molecule has 0 radical (unpaired) electrons. The lowest BCUT2D eigenvalue weighted by atomic mass is 10.1. The molecule has 1 atom stereocenters. The van der Waals surface area contributed by atoms with Crippen molar-refractivity contribution in [1.82, 2.24) is 25.0 Å². The Bertz CT molecular complexity index is 1270. The Morgan fingerprint density at radius 2 is 1.87 bits per heavy atom. The Hall–Kier alpha value is -3.45. The van der Waals surface area contributed by atoms with Gasteiger partial charge in [0.15, 0.2) is 15.7 Å². The highest BCUT2D eigenvalue weighted by Crippen LogP contribution is 2.24. The van der Waals surface area contributed by atoms with Crippen LogP contribution in [0.1, 0.15) is 6.42 Å². The second-order valence-electron chi connectivity index (χ2n) is 6.63. The fourth-order valence-corrected chi connectivity index (χ4v) is 3.96. The van der Waals surface area contributed by atoms with Gasteiger partial charge in [0.05, 0.1) is 12.4 Å². The van der Waals surface area contributed by atoms with E-state index in [0.29, 0.717) is 0 Å². The van der Waals surface area contributed by atoms with Crippen LogP contribution in [0.5, 0.6) is 0 Å². The number of aromatic nitrogens is 4. The van der Waals surface area contributed by atoms with Crippen LogP contribution in [0.2, 0.25) is 0 Å². The van der Waals surface area contributed by atoms with Gasteiger partial charge in [0.1, 0.15) is 16.8 Å². The molecule has 0 spiro atoms. The third-order valence-corrected chi connectivity index (χ3v) is 6.01. The second-order valence-corrected chi connectivity index (χ2v) is 8.86. The Morgan fingerprint density at radius 1 is 1.19 bits per heavy atom. The number of hydroxylamine groups is 1. The number of carbonyl (C=O) groups is 1. The molecule has 0 aliphatic heterocycles. The number of sulfone groups is 1. The molecule has 13 heteroatoms. The van der Waals surface area contributed by atoms with Crippen molar-refractivity contribution in [1.29, 1.82) is 0 Å². The maximum atomic E-state index is 14.7. The normalized spacial score (nSPS) is 12.5. The largest absolute Gasteiger partial charge is 0.312 e. The third kappa shape index (κ3) is 4.83. The minimum atomic E-state index is -3.88. The van der Waals surface area contributed by atoms with Crippen molar-refractivity contribution in [3.8, 4) is 16.8 Å². The number of aryl methyl sites for hydroxylation is 1. The lowest BCUT2D eigenvalue weighted by Gasteiger charge is -2.14. The molecule has 0 saturated heterocycles. The number of amides is 1. The van der Waals surface area contributed by atoms with Gasteiger partial charge < -0.3 is 4.57 Å². The summed E-state index contributed by atoms with van der Waals surface area (Å²) in [5.41, 5.74) is 0.550. The number of benzene rings is 1. The first kappa shape index (κ1) is 22.2. The summed E-state index contributed by atoms with van der Waals surface area (Å²) in [4.78, 5) is 25.0. The zero-order valence-corrected chi connectivity index (χ0v) is 16.9. The molecule has 10 nitrogen and oxygen atoms in total. The summed E-state index contributed by atoms with van der Waals surface area (Å²) in [6.45, 7) is -0.306. The van der Waals surface area contributed by atoms with Crippen molar-refractivity contribution in [2.45, 2.75) is 18.2 Å². The Balaban J connectivity index is 1.88. The fourth-order valence-electron chi connectivity index (χ4n) is 2.99. The number of nitrogens with zero attached hydrogens (tertiary/aromatic N) is 4. The van der Waals surface area contributed by atoms with Gasteiger partial charge >= 0.3 is 0 Å². The van der Waals surface area contributed by atoms with Crippen molar-refractivity contribution < 1.29 is 27.2 Å². The summed E-state index contributed by atoms with van der Waals surface area (Å²) in [5.74, 6) is -2.75. The highest BCUT2D eigenvalue weighted by molar-refractivity contribution is 7.92. The van der Waals surface area contributed by atoms with Gasteiger partial charge in [0, 0.05) is 30.6 Å². The van der Waals surface area contributed by atoms with E-state index in [4.69, 9.17) is 5.21 Å². The van der Waals surface area contributed by atoms with Crippen LogP contribution in [-0.2, 0) is 21.2 Å². The van der Waals surface area contributed by atoms with E-state index in [1.165, 1.54) is 30.0 Å². The van der Waals surface area contributed by atoms with Crippen LogP contribution in [-0.4, -0.2) is 50.6 Å². The molecule has 1 aromatic carbocycles. The predicted octanol–water partition coefficient (Wildman–Crippen LogP) is 0.683. The number of nitrogens with one attached hydrogen (secondary N) is 1. The molecule has 1 amide bonds. The van der Waals surface area contributed by atoms with Gasteiger partial charge in [-0.2, -0.15) is 10.2 Å². The first-order chi connectivity index (χ1) is 14.6. The second kappa shape index (κ2) is 8.73. The number of pyridine rings is 1. The van der Waals surface area contributed by atoms with Crippen LogP contribution in [0.4, 0.5) is 8.78 Å². The van der Waals surface area contributed by atoms with E-state index < -0.39 is 38.2 Å². The number of carbonyl (C=O) groups excluding carboxylic acids is 1. The average Bonchev–Trinajstić information content (AvgIpc) is 3.23. The zero-order valence-electron chi connectivity index (χ0n) is 16.1. The molecule has 3 aromatic rings. The van der Waals surface area contributed by atoms with Crippen molar-refractivity contribution in [2.75, 3.05) is 6.26 Å². The quantitative estimate of drug-likeness (QED) is 0.397. The molecule has 31 heavy (non-hydrogen) atoms. The lowest BCUT2D eigenvalue weighted by Crippen LogP contribution is -2.39. The van der Waals surface area contributed by atoms with Crippen molar-refractivity contribution in [2.24, 2.45) is 0 Å². The summed E-state index contributed by atoms with van der Waals surface area (Å²) < 4.78 is 53.4. The van der Waals surface area contributed by atoms with Gasteiger partial charge in [-0.05, 0) is 24.1 Å². The van der Waals surface area contributed by atoms with Gasteiger partial charge in [-0.25, -0.2) is 22.7 Å². The molecule has 0 fully saturated rings. The van der Waals surface area contributed by atoms with Gasteiger partial charge in [-0.15, -0.1) is 4.80 Å². The average molecular weight is 453 g/mol. The van der Waals surface area contributed by atoms with E-state index in [2.05, 4.69) is 10.2 Å². The van der Waals surface area contributed by atoms with Gasteiger partial charge in [0.25, 0.3) is 11.5 Å². The topological polar surface area (TPSA) is 136 Å². The molecule has 2 heterocycles. The predicted molar refractivity (Wildman–Crippen MR) is 104 cm³/mol. The summed E-state index contributed by atoms with van der Waals surface area (Å²) in [6.07, 6.45) is 4.01. The number of hydrogen-bond donors (Lipinski definition) is 2. The van der Waals surface area contributed by atoms with Crippen LogP contribution in [0, 0.1) is 11.6 Å². The molecule has 0 unspecified atom stereocenters. The maximum Gasteiger partial charge on any atom is 0.261 e. The SMILES string of the molecule is CS(=O)(=O)[C@H](CCn1cc(F)c(-c2ccc(-n3nccn3)c(F)c2)cc1=O)C(=O)NO. The molecule has 2 aromatic heterocycles. The van der Waals surface area contributed by atoms with Gasteiger partial charge in [-0.1, -0.05) is 6.07 Å². The molecule has 0 bridgehead atoms. The van der Waals surface area contributed by atoms with Gasteiger partial charge in [-0.3, -0.25) is 14.8 Å². The molecule has 3 rings (SSSR count). The first-order valence-corrected chi connectivity index (χ1v) is 10.8. The summed E-state index contributed by atoms with van der Waals surface area (Å²) in [7, 11) is -3.88. The fraction of sp³-hybridized carbons (Fsp3) is 0.222. The van der Waals surface area contributed by atoms with Crippen LogP contribution in [0.25, 0.3) is 16.8 Å². The molecular formula is C18H17F2N5O5S. The molecule has 0 saturated carbocycles. The molecular weight excluding hydrogens is 436 g/mol. The summed E-state index contributed by atoms with van der Waals surface area (Å²) in [5, 5.41) is 14.7. The van der Waals surface area contributed by atoms with E-state index in [1.807, 2.05) is 0 Å². The first-order valence-electron chi connectivity index (χ1n) is 8.81. The van der Waals surface area contributed by atoms with Crippen molar-refractivity contribution in [3.63, 3.8) is 0 Å². The molecule has 2 N–H and O–H groups in total. The van der Waals surface area contributed by atoms with Crippen LogP contribution >= 0.6 is 0 Å². The number of halogens is 2. The van der Waals surface area contributed by atoms with Crippen LogP contribution in [0.3, 0.4) is 0 Å². The highest BCUT2D eigenvalue weighted by atomic mass is 32.2. The monoisotopic (exact) mass is 453 g/mol. The maximum absolute atomic E-state index is 14.7. The lowest BCUT2D eigenvalue weighted by molar-refractivity contribution is -0.128. The smallest absolute Gasteiger partial charge is 0.261 e. The minimum Gasteiger partial charge on any atom is -0.312 e. The highest BCUT2D eigenvalue weighted by Gasteiger charge is 2.28. The van der Waals surface area contributed by atoms with E-state index >= 15 is 0 Å².